The predicted octanol–water partition coefficient (Wildman–Crippen LogP) is 3.78. The second-order valence-electron chi connectivity index (χ2n) is 9.38. The van der Waals surface area contributed by atoms with Gasteiger partial charge in [-0.05, 0) is 72.4 Å². The first kappa shape index (κ1) is 23.0. The van der Waals surface area contributed by atoms with Gasteiger partial charge in [-0.25, -0.2) is 4.98 Å². The van der Waals surface area contributed by atoms with Gasteiger partial charge in [-0.15, -0.1) is 10.2 Å². The quantitative estimate of drug-likeness (QED) is 0.443. The van der Waals surface area contributed by atoms with Crippen molar-refractivity contribution in [1.29, 1.82) is 0 Å². The summed E-state index contributed by atoms with van der Waals surface area (Å²) in [5, 5.41) is 22.0. The average molecular weight is 493 g/mol. The van der Waals surface area contributed by atoms with E-state index in [1.807, 2.05) is 60.8 Å². The van der Waals surface area contributed by atoms with Crippen LogP contribution in [0, 0.1) is 0 Å². The average Bonchev–Trinajstić information content (AvgIpc) is 3.47. The van der Waals surface area contributed by atoms with Crippen LogP contribution in [0.5, 0.6) is 11.6 Å². The number of pyridine rings is 1. The van der Waals surface area contributed by atoms with Crippen molar-refractivity contribution in [2.75, 3.05) is 45.2 Å². The van der Waals surface area contributed by atoms with E-state index in [0.29, 0.717) is 5.56 Å². The minimum absolute atomic E-state index is 0.118. The Morgan fingerprint density at radius 3 is 2.62 bits per heavy atom. The standard InChI is InChI=1S/C29H28N6O2/c1-34-11-13-35(14-12-34)28-10-5-19(18-30-28)4-8-26-22-7-3-20(16-27(22)33-32-26)15-24-23-17-21(37-2)6-9-25(23)31-29(24)36/h3-10,15-18,31,36H,11-14H2,1-2H3/b8-4+,20-15+. The summed E-state index contributed by atoms with van der Waals surface area (Å²) in [7, 11) is 3.78. The maximum absolute atomic E-state index is 10.5. The zero-order valence-corrected chi connectivity index (χ0v) is 20.8. The van der Waals surface area contributed by atoms with Crippen molar-refractivity contribution in [1.82, 2.24) is 14.9 Å². The molecule has 0 spiro atoms. The topological polar surface area (TPSA) is 89.3 Å². The Balaban J connectivity index is 1.25. The molecule has 2 aromatic carbocycles. The molecule has 2 aliphatic rings. The third-order valence-electron chi connectivity index (χ3n) is 6.93. The fraction of sp³-hybridized carbons (Fsp3) is 0.207. The number of nitrogens with zero attached hydrogens (tertiary/aromatic N) is 5. The number of ether oxygens (including phenoxy) is 1. The zero-order valence-electron chi connectivity index (χ0n) is 20.8. The molecule has 37 heavy (non-hydrogen) atoms. The number of benzene rings is 2. The van der Waals surface area contributed by atoms with Crippen molar-refractivity contribution in [2.24, 2.45) is 10.2 Å². The van der Waals surface area contributed by atoms with Gasteiger partial charge >= 0.3 is 0 Å². The first-order valence-electron chi connectivity index (χ1n) is 12.3. The summed E-state index contributed by atoms with van der Waals surface area (Å²) in [6.45, 7) is 4.12. The van der Waals surface area contributed by atoms with Crippen molar-refractivity contribution in [2.45, 2.75) is 0 Å². The molecule has 0 radical (unpaired) electrons. The number of aromatic nitrogens is 2. The molecule has 8 heteroatoms. The number of aromatic amines is 1. The minimum atomic E-state index is 0.118. The molecular formula is C29H28N6O2. The highest BCUT2D eigenvalue weighted by Crippen LogP contribution is 2.30. The second kappa shape index (κ2) is 9.55. The largest absolute Gasteiger partial charge is 0.497 e. The highest BCUT2D eigenvalue weighted by molar-refractivity contribution is 5.92. The van der Waals surface area contributed by atoms with Crippen LogP contribution in [-0.2, 0) is 0 Å². The molecule has 186 valence electrons. The molecule has 0 atom stereocenters. The van der Waals surface area contributed by atoms with E-state index in [1.54, 1.807) is 7.11 Å². The fourth-order valence-corrected chi connectivity index (χ4v) is 4.73. The van der Waals surface area contributed by atoms with Gasteiger partial charge in [0, 0.05) is 54.1 Å². The number of hydrogen-bond donors (Lipinski definition) is 2. The molecule has 0 saturated carbocycles. The molecule has 1 saturated heterocycles. The van der Waals surface area contributed by atoms with Crippen molar-refractivity contribution < 1.29 is 9.84 Å². The van der Waals surface area contributed by atoms with Gasteiger partial charge in [0.25, 0.3) is 0 Å². The van der Waals surface area contributed by atoms with Crippen LogP contribution in [0.25, 0.3) is 28.8 Å². The lowest BCUT2D eigenvalue weighted by Gasteiger charge is -2.33. The molecule has 0 unspecified atom stereocenters. The number of nitrogens with one attached hydrogen (secondary N) is 1. The summed E-state index contributed by atoms with van der Waals surface area (Å²) >= 11 is 0. The molecule has 2 aromatic heterocycles. The molecule has 8 nitrogen and oxygen atoms in total. The highest BCUT2D eigenvalue weighted by Gasteiger charge is 2.15. The third-order valence-corrected chi connectivity index (χ3v) is 6.93. The summed E-state index contributed by atoms with van der Waals surface area (Å²) in [5.41, 5.74) is 4.18. The maximum Gasteiger partial charge on any atom is 0.196 e. The molecule has 1 fully saturated rings. The Kier molecular flexibility index (Phi) is 5.94. The van der Waals surface area contributed by atoms with Crippen LogP contribution < -0.4 is 20.1 Å². The number of likely N-dealkylation sites (N-methyl/N-ethyl adjacent to an activating group) is 1. The van der Waals surface area contributed by atoms with E-state index in [9.17, 15) is 5.11 Å². The summed E-state index contributed by atoms with van der Waals surface area (Å²) in [6, 6.07) is 15.8. The molecule has 4 aromatic rings. The van der Waals surface area contributed by atoms with Crippen molar-refractivity contribution in [3.05, 3.63) is 82.4 Å². The molecular weight excluding hydrogens is 464 g/mol. The normalized spacial score (nSPS) is 16.3. The van der Waals surface area contributed by atoms with Crippen molar-refractivity contribution >= 4 is 40.3 Å². The molecule has 0 aliphatic carbocycles. The van der Waals surface area contributed by atoms with Crippen LogP contribution in [0.2, 0.25) is 0 Å². The zero-order chi connectivity index (χ0) is 25.4. The Bertz CT molecular complexity index is 1640. The molecule has 2 N–H and O–H groups in total. The molecule has 0 amide bonds. The molecule has 6 rings (SSSR count). The maximum atomic E-state index is 10.5. The van der Waals surface area contributed by atoms with Crippen LogP contribution >= 0.6 is 0 Å². The van der Waals surface area contributed by atoms with Gasteiger partial charge < -0.3 is 24.6 Å². The first-order valence-corrected chi connectivity index (χ1v) is 12.3. The van der Waals surface area contributed by atoms with E-state index in [-0.39, 0.29) is 5.88 Å². The number of hydrogen-bond acceptors (Lipinski definition) is 7. The Labute approximate surface area is 214 Å². The smallest absolute Gasteiger partial charge is 0.196 e. The van der Waals surface area contributed by atoms with E-state index in [2.05, 4.69) is 49.2 Å². The second-order valence-corrected chi connectivity index (χ2v) is 9.38. The number of anilines is 1. The molecule has 2 aliphatic heterocycles. The van der Waals surface area contributed by atoms with Gasteiger partial charge in [0.1, 0.15) is 11.6 Å². The Morgan fingerprint density at radius 2 is 1.84 bits per heavy atom. The summed E-state index contributed by atoms with van der Waals surface area (Å²) in [6.07, 6.45) is 7.83. The lowest BCUT2D eigenvalue weighted by Crippen LogP contribution is -2.44. The van der Waals surface area contributed by atoms with Gasteiger partial charge in [-0.3, -0.25) is 0 Å². The van der Waals surface area contributed by atoms with Crippen LogP contribution in [0.3, 0.4) is 0 Å². The number of piperazine rings is 1. The molecule has 4 heterocycles. The SMILES string of the molecule is COc1ccc2[nH]c(O)c(/C=c3\ccc4c(c3)N=NC=4/C=C/c3ccc(N4CCN(C)CC4)nc3)c2c1. The monoisotopic (exact) mass is 492 g/mol. The summed E-state index contributed by atoms with van der Waals surface area (Å²) < 4.78 is 5.35. The lowest BCUT2D eigenvalue weighted by molar-refractivity contribution is 0.312. The van der Waals surface area contributed by atoms with Crippen molar-refractivity contribution in [3.8, 4) is 11.6 Å². The van der Waals surface area contributed by atoms with Gasteiger partial charge in [-0.2, -0.15) is 0 Å². The fourth-order valence-electron chi connectivity index (χ4n) is 4.73. The van der Waals surface area contributed by atoms with E-state index >= 15 is 0 Å². The molecule has 0 bridgehead atoms. The van der Waals surface area contributed by atoms with E-state index in [4.69, 9.17) is 4.74 Å². The summed E-state index contributed by atoms with van der Waals surface area (Å²) in [4.78, 5) is 12.3. The van der Waals surface area contributed by atoms with Gasteiger partial charge in [0.05, 0.1) is 18.5 Å². The van der Waals surface area contributed by atoms with Crippen molar-refractivity contribution in [3.63, 3.8) is 0 Å². The van der Waals surface area contributed by atoms with E-state index in [1.165, 1.54) is 0 Å². The highest BCUT2D eigenvalue weighted by atomic mass is 16.5. The summed E-state index contributed by atoms with van der Waals surface area (Å²) in [5.74, 6) is 1.87. The number of fused-ring (bicyclic) bond motifs is 2. The number of aromatic hydroxyl groups is 1. The lowest BCUT2D eigenvalue weighted by atomic mass is 10.1. The Morgan fingerprint density at radius 1 is 0.973 bits per heavy atom. The van der Waals surface area contributed by atoms with Crippen LogP contribution in [0.4, 0.5) is 11.5 Å². The van der Waals surface area contributed by atoms with Gasteiger partial charge in [-0.1, -0.05) is 12.1 Å². The Hall–Kier alpha value is -4.43. The first-order chi connectivity index (χ1) is 18.1. The van der Waals surface area contributed by atoms with Crippen LogP contribution in [0.15, 0.2) is 71.0 Å². The van der Waals surface area contributed by atoms with E-state index < -0.39 is 0 Å². The number of rotatable bonds is 5. The van der Waals surface area contributed by atoms with Crippen LogP contribution in [-0.4, -0.2) is 60.3 Å². The van der Waals surface area contributed by atoms with E-state index in [0.717, 1.165) is 76.0 Å². The minimum Gasteiger partial charge on any atom is -0.497 e. The third kappa shape index (κ3) is 4.59. The number of H-pyrrole nitrogens is 1. The van der Waals surface area contributed by atoms with Gasteiger partial charge in [0.2, 0.25) is 0 Å². The number of azo groups is 1. The predicted molar refractivity (Wildman–Crippen MR) is 147 cm³/mol. The van der Waals surface area contributed by atoms with Gasteiger partial charge in [0.15, 0.2) is 5.88 Å². The number of methoxy groups -OCH3 is 1. The van der Waals surface area contributed by atoms with Crippen LogP contribution in [0.1, 0.15) is 11.1 Å².